The Kier molecular flexibility index (Phi) is 4.80. The van der Waals surface area contributed by atoms with Gasteiger partial charge in [0.2, 0.25) is 11.8 Å². The first-order valence-electron chi connectivity index (χ1n) is 8.16. The summed E-state index contributed by atoms with van der Waals surface area (Å²) in [5.74, 6) is -0.110. The molecule has 2 amide bonds. The van der Waals surface area contributed by atoms with Gasteiger partial charge in [-0.05, 0) is 19.1 Å². The third-order valence-corrected chi connectivity index (χ3v) is 4.15. The Morgan fingerprint density at radius 2 is 2.16 bits per heavy atom. The van der Waals surface area contributed by atoms with Gasteiger partial charge in [0, 0.05) is 24.7 Å². The molecule has 0 spiro atoms. The van der Waals surface area contributed by atoms with E-state index >= 15 is 0 Å². The molecule has 1 aliphatic rings. The second-order valence-corrected chi connectivity index (χ2v) is 6.03. The van der Waals surface area contributed by atoms with E-state index in [4.69, 9.17) is 5.26 Å². The normalized spacial score (nSPS) is 16.7. The second-order valence-electron chi connectivity index (χ2n) is 6.03. The second kappa shape index (κ2) is 7.18. The van der Waals surface area contributed by atoms with Gasteiger partial charge < -0.3 is 10.2 Å². The van der Waals surface area contributed by atoms with Gasteiger partial charge in [-0.25, -0.2) is 4.68 Å². The van der Waals surface area contributed by atoms with E-state index in [1.807, 2.05) is 37.3 Å². The van der Waals surface area contributed by atoms with Gasteiger partial charge in [0.05, 0.1) is 30.6 Å². The molecule has 2 heterocycles. The van der Waals surface area contributed by atoms with E-state index in [2.05, 4.69) is 16.5 Å². The summed E-state index contributed by atoms with van der Waals surface area (Å²) in [5.41, 5.74) is 1.57. The molecule has 1 atom stereocenters. The molecule has 0 saturated carbocycles. The summed E-state index contributed by atoms with van der Waals surface area (Å²) in [6.45, 7) is 2.61. The summed E-state index contributed by atoms with van der Waals surface area (Å²) in [7, 11) is 0. The highest BCUT2D eigenvalue weighted by Crippen LogP contribution is 2.26. The number of benzene rings is 1. The molecule has 3 rings (SSSR count). The summed E-state index contributed by atoms with van der Waals surface area (Å²) in [4.78, 5) is 26.5. The third-order valence-electron chi connectivity index (χ3n) is 4.15. The first kappa shape index (κ1) is 16.7. The Morgan fingerprint density at radius 3 is 2.88 bits per heavy atom. The van der Waals surface area contributed by atoms with Gasteiger partial charge in [0.15, 0.2) is 0 Å². The Bertz CT molecular complexity index is 822. The van der Waals surface area contributed by atoms with Gasteiger partial charge in [-0.2, -0.15) is 10.4 Å². The summed E-state index contributed by atoms with van der Waals surface area (Å²) in [6.07, 6.45) is 0.500. The zero-order valence-corrected chi connectivity index (χ0v) is 14.0. The number of amides is 2. The van der Waals surface area contributed by atoms with Crippen LogP contribution in [0.3, 0.4) is 0 Å². The fraction of sp³-hybridized carbons (Fsp3) is 0.333. The van der Waals surface area contributed by atoms with E-state index in [1.165, 1.54) is 0 Å². The molecule has 0 bridgehead atoms. The zero-order chi connectivity index (χ0) is 17.8. The lowest BCUT2D eigenvalue weighted by Gasteiger charge is -2.16. The highest BCUT2D eigenvalue weighted by Gasteiger charge is 2.35. The van der Waals surface area contributed by atoms with Crippen molar-refractivity contribution in [3.63, 3.8) is 0 Å². The number of nitrogens with one attached hydrogen (secondary N) is 1. The SMILES string of the molecule is Cc1cc(NC(=O)[C@H]2CC(=O)N(c3ccccc3)C2)n(CCC#N)n1. The van der Waals surface area contributed by atoms with Gasteiger partial charge >= 0.3 is 0 Å². The minimum absolute atomic E-state index is 0.0551. The molecular weight excluding hydrogens is 318 g/mol. The smallest absolute Gasteiger partial charge is 0.230 e. The lowest BCUT2D eigenvalue weighted by Crippen LogP contribution is -2.28. The molecule has 25 heavy (non-hydrogen) atoms. The monoisotopic (exact) mass is 337 g/mol. The molecule has 1 aliphatic heterocycles. The summed E-state index contributed by atoms with van der Waals surface area (Å²) >= 11 is 0. The van der Waals surface area contributed by atoms with Crippen LogP contribution in [0.4, 0.5) is 11.5 Å². The summed E-state index contributed by atoms with van der Waals surface area (Å²) in [6, 6.07) is 13.2. The van der Waals surface area contributed by atoms with E-state index < -0.39 is 5.92 Å². The lowest BCUT2D eigenvalue weighted by molar-refractivity contribution is -0.122. The van der Waals surface area contributed by atoms with Gasteiger partial charge in [0.25, 0.3) is 0 Å². The maximum Gasteiger partial charge on any atom is 0.230 e. The number of aromatic nitrogens is 2. The molecule has 1 N–H and O–H groups in total. The van der Waals surface area contributed by atoms with Gasteiger partial charge in [-0.15, -0.1) is 0 Å². The van der Waals surface area contributed by atoms with Crippen molar-refractivity contribution in [2.75, 3.05) is 16.8 Å². The molecule has 0 radical (unpaired) electrons. The molecule has 0 aliphatic carbocycles. The van der Waals surface area contributed by atoms with E-state index in [9.17, 15) is 9.59 Å². The average molecular weight is 337 g/mol. The summed E-state index contributed by atoms with van der Waals surface area (Å²) < 4.78 is 1.61. The highest BCUT2D eigenvalue weighted by molar-refractivity contribution is 6.03. The molecule has 0 unspecified atom stereocenters. The van der Waals surface area contributed by atoms with Crippen LogP contribution >= 0.6 is 0 Å². The minimum atomic E-state index is -0.410. The van der Waals surface area contributed by atoms with Crippen molar-refractivity contribution in [2.24, 2.45) is 5.92 Å². The maximum absolute atomic E-state index is 12.6. The molecule has 7 nitrogen and oxygen atoms in total. The zero-order valence-electron chi connectivity index (χ0n) is 14.0. The summed E-state index contributed by atoms with van der Waals surface area (Å²) in [5, 5.41) is 15.9. The quantitative estimate of drug-likeness (QED) is 0.904. The van der Waals surface area contributed by atoms with Crippen LogP contribution in [-0.2, 0) is 16.1 Å². The molecule has 2 aromatic rings. The lowest BCUT2D eigenvalue weighted by atomic mass is 10.1. The Morgan fingerprint density at radius 1 is 1.40 bits per heavy atom. The predicted octanol–water partition coefficient (Wildman–Crippen LogP) is 2.10. The first-order valence-corrected chi connectivity index (χ1v) is 8.16. The molecule has 1 fully saturated rings. The number of anilines is 2. The number of carbonyl (C=O) groups excluding carboxylic acids is 2. The molecule has 1 aromatic carbocycles. The van der Waals surface area contributed by atoms with E-state index in [0.29, 0.717) is 25.3 Å². The average Bonchev–Trinajstić information content (AvgIpc) is 3.16. The Labute approximate surface area is 145 Å². The van der Waals surface area contributed by atoms with Crippen molar-refractivity contribution in [3.8, 4) is 6.07 Å². The van der Waals surface area contributed by atoms with E-state index in [-0.39, 0.29) is 18.2 Å². The van der Waals surface area contributed by atoms with Crippen molar-refractivity contribution in [1.29, 1.82) is 5.26 Å². The third kappa shape index (κ3) is 3.69. The maximum atomic E-state index is 12.6. The molecule has 1 aromatic heterocycles. The van der Waals surface area contributed by atoms with Crippen molar-refractivity contribution in [1.82, 2.24) is 9.78 Å². The number of rotatable bonds is 5. The van der Waals surface area contributed by atoms with Crippen LogP contribution < -0.4 is 10.2 Å². The van der Waals surface area contributed by atoms with Crippen LogP contribution in [0.1, 0.15) is 18.5 Å². The van der Waals surface area contributed by atoms with Crippen LogP contribution in [-0.4, -0.2) is 28.1 Å². The van der Waals surface area contributed by atoms with Crippen molar-refractivity contribution < 1.29 is 9.59 Å². The topological polar surface area (TPSA) is 91.0 Å². The van der Waals surface area contributed by atoms with Gasteiger partial charge in [0.1, 0.15) is 5.82 Å². The van der Waals surface area contributed by atoms with Crippen molar-refractivity contribution in [3.05, 3.63) is 42.1 Å². The fourth-order valence-corrected chi connectivity index (χ4v) is 2.94. The van der Waals surface area contributed by atoms with Crippen LogP contribution in [0.15, 0.2) is 36.4 Å². The number of hydrogen-bond acceptors (Lipinski definition) is 4. The van der Waals surface area contributed by atoms with Crippen molar-refractivity contribution in [2.45, 2.75) is 26.3 Å². The molecule has 1 saturated heterocycles. The van der Waals surface area contributed by atoms with Gasteiger partial charge in [-0.3, -0.25) is 9.59 Å². The molecular formula is C18H19N5O2. The van der Waals surface area contributed by atoms with E-state index in [0.717, 1.165) is 11.4 Å². The van der Waals surface area contributed by atoms with Crippen LogP contribution in [0.5, 0.6) is 0 Å². The van der Waals surface area contributed by atoms with Crippen LogP contribution in [0, 0.1) is 24.2 Å². The molecule has 7 heteroatoms. The largest absolute Gasteiger partial charge is 0.312 e. The first-order chi connectivity index (χ1) is 12.1. The highest BCUT2D eigenvalue weighted by atomic mass is 16.2. The van der Waals surface area contributed by atoms with Crippen LogP contribution in [0.2, 0.25) is 0 Å². The standard InChI is InChI=1S/C18H19N5O2/c1-13-10-16(23(21-13)9-5-8-19)20-18(25)14-11-17(24)22(12-14)15-6-3-2-4-7-15/h2-4,6-7,10,14H,5,9,11-12H2,1H3,(H,20,25)/t14-/m0/s1. The number of nitrogens with zero attached hydrogens (tertiary/aromatic N) is 4. The Balaban J connectivity index is 1.69. The minimum Gasteiger partial charge on any atom is -0.312 e. The van der Waals surface area contributed by atoms with Crippen molar-refractivity contribution >= 4 is 23.3 Å². The number of carbonyl (C=O) groups is 2. The number of aryl methyl sites for hydroxylation is 2. The van der Waals surface area contributed by atoms with E-state index in [1.54, 1.807) is 15.6 Å². The molecule has 128 valence electrons. The fourth-order valence-electron chi connectivity index (χ4n) is 2.94. The van der Waals surface area contributed by atoms with Gasteiger partial charge in [-0.1, -0.05) is 18.2 Å². The predicted molar refractivity (Wildman–Crippen MR) is 92.7 cm³/mol. The van der Waals surface area contributed by atoms with Crippen LogP contribution in [0.25, 0.3) is 0 Å². The number of para-hydroxylation sites is 1. The Hall–Kier alpha value is -3.14. The number of nitriles is 1. The number of hydrogen-bond donors (Lipinski definition) is 1.